The zero-order chi connectivity index (χ0) is 10.6. The van der Waals surface area contributed by atoms with Crippen LogP contribution in [-0.4, -0.2) is 62.9 Å². The van der Waals surface area contributed by atoms with E-state index in [-0.39, 0.29) is 6.61 Å². The van der Waals surface area contributed by atoms with Gasteiger partial charge in [-0.05, 0) is 6.42 Å². The van der Waals surface area contributed by atoms with Crippen LogP contribution in [0.15, 0.2) is 0 Å². The molecule has 1 atom stereocenters. The Morgan fingerprint density at radius 2 is 2.07 bits per heavy atom. The van der Waals surface area contributed by atoms with E-state index in [9.17, 15) is 0 Å². The highest BCUT2D eigenvalue weighted by Crippen LogP contribution is 1.83. The van der Waals surface area contributed by atoms with E-state index in [1.165, 1.54) is 0 Å². The Morgan fingerprint density at radius 3 is 2.71 bits per heavy atom. The average Bonchev–Trinajstić information content (AvgIpc) is 2.21. The Kier molecular flexibility index (Phi) is 10.7. The minimum absolute atomic E-state index is 0.207. The van der Waals surface area contributed by atoms with Crippen LogP contribution in [0.5, 0.6) is 0 Å². The van der Waals surface area contributed by atoms with Crippen molar-refractivity contribution >= 4 is 0 Å². The molecular weight excluding hydrogens is 186 g/mol. The van der Waals surface area contributed by atoms with Gasteiger partial charge >= 0.3 is 0 Å². The molecule has 0 bridgehead atoms. The maximum Gasteiger partial charge on any atom is 0.0894 e. The first-order valence-corrected chi connectivity index (χ1v) is 4.87. The molecule has 0 aliphatic rings. The van der Waals surface area contributed by atoms with Crippen molar-refractivity contribution < 1.29 is 19.7 Å². The van der Waals surface area contributed by atoms with Crippen LogP contribution < -0.4 is 5.32 Å². The zero-order valence-corrected chi connectivity index (χ0v) is 8.74. The van der Waals surface area contributed by atoms with E-state index in [1.54, 1.807) is 7.11 Å². The summed E-state index contributed by atoms with van der Waals surface area (Å²) in [6, 6.07) is 0. The number of hydrogen-bond acceptors (Lipinski definition) is 5. The summed E-state index contributed by atoms with van der Waals surface area (Å²) in [4.78, 5) is 0. The van der Waals surface area contributed by atoms with Crippen molar-refractivity contribution in [2.75, 3.05) is 46.6 Å². The summed E-state index contributed by atoms with van der Waals surface area (Å²) in [7, 11) is 1.66. The van der Waals surface area contributed by atoms with Gasteiger partial charge in [0.1, 0.15) is 0 Å². The van der Waals surface area contributed by atoms with Crippen molar-refractivity contribution in [2.24, 2.45) is 0 Å². The Morgan fingerprint density at radius 1 is 1.29 bits per heavy atom. The van der Waals surface area contributed by atoms with Crippen molar-refractivity contribution in [3.05, 3.63) is 0 Å². The van der Waals surface area contributed by atoms with Crippen LogP contribution in [0, 0.1) is 0 Å². The monoisotopic (exact) mass is 207 g/mol. The average molecular weight is 207 g/mol. The summed E-state index contributed by atoms with van der Waals surface area (Å²) in [5.74, 6) is 0. The topological polar surface area (TPSA) is 71.0 Å². The Bertz CT molecular complexity index is 113. The van der Waals surface area contributed by atoms with Crippen molar-refractivity contribution in [2.45, 2.75) is 12.5 Å². The fourth-order valence-corrected chi connectivity index (χ4v) is 0.885. The highest BCUT2D eigenvalue weighted by Gasteiger charge is 1.99. The minimum atomic E-state index is -0.677. The van der Waals surface area contributed by atoms with Crippen LogP contribution in [0.25, 0.3) is 0 Å². The van der Waals surface area contributed by atoms with Gasteiger partial charge in [-0.3, -0.25) is 0 Å². The van der Waals surface area contributed by atoms with E-state index in [1.807, 2.05) is 0 Å². The van der Waals surface area contributed by atoms with Gasteiger partial charge in [0.15, 0.2) is 0 Å². The van der Waals surface area contributed by atoms with Gasteiger partial charge in [-0.1, -0.05) is 0 Å². The molecule has 0 aliphatic heterocycles. The molecule has 86 valence electrons. The molecule has 0 rings (SSSR count). The number of ether oxygens (including phenoxy) is 2. The van der Waals surface area contributed by atoms with E-state index in [0.29, 0.717) is 26.3 Å². The van der Waals surface area contributed by atoms with Gasteiger partial charge in [-0.2, -0.15) is 0 Å². The lowest BCUT2D eigenvalue weighted by molar-refractivity contribution is 0.0845. The van der Waals surface area contributed by atoms with Crippen LogP contribution in [-0.2, 0) is 9.47 Å². The molecule has 0 amide bonds. The van der Waals surface area contributed by atoms with Gasteiger partial charge in [0.05, 0.1) is 19.3 Å². The number of hydrogen-bond donors (Lipinski definition) is 3. The quantitative estimate of drug-likeness (QED) is 0.400. The van der Waals surface area contributed by atoms with Gasteiger partial charge in [-0.15, -0.1) is 0 Å². The smallest absolute Gasteiger partial charge is 0.0894 e. The molecule has 0 aliphatic carbocycles. The second kappa shape index (κ2) is 10.9. The normalized spacial score (nSPS) is 13.1. The lowest BCUT2D eigenvalue weighted by atomic mass is 10.4. The Hall–Kier alpha value is -0.200. The minimum Gasteiger partial charge on any atom is -0.394 e. The van der Waals surface area contributed by atoms with E-state index >= 15 is 0 Å². The van der Waals surface area contributed by atoms with Gasteiger partial charge in [0.2, 0.25) is 0 Å². The van der Waals surface area contributed by atoms with E-state index < -0.39 is 6.10 Å². The largest absolute Gasteiger partial charge is 0.394 e. The first-order valence-electron chi connectivity index (χ1n) is 4.87. The predicted octanol–water partition coefficient (Wildman–Crippen LogP) is -1.02. The number of rotatable bonds is 10. The van der Waals surface area contributed by atoms with Crippen LogP contribution in [0.4, 0.5) is 0 Å². The molecule has 5 heteroatoms. The van der Waals surface area contributed by atoms with Crippen LogP contribution in [0.1, 0.15) is 6.42 Å². The van der Waals surface area contributed by atoms with Gasteiger partial charge in [0, 0.05) is 33.4 Å². The number of nitrogens with one attached hydrogen (secondary N) is 1. The molecule has 3 N–H and O–H groups in total. The molecule has 5 nitrogen and oxygen atoms in total. The van der Waals surface area contributed by atoms with Crippen LogP contribution in [0.2, 0.25) is 0 Å². The van der Waals surface area contributed by atoms with E-state index in [0.717, 1.165) is 13.0 Å². The summed E-state index contributed by atoms with van der Waals surface area (Å²) in [6.07, 6.45) is 0.221. The standard InChI is InChI=1S/C9H21NO4/c1-13-4-2-5-14-6-3-10-7-9(12)8-11/h9-12H,2-8H2,1H3. The molecular formula is C9H21NO4. The summed E-state index contributed by atoms with van der Waals surface area (Å²) >= 11 is 0. The lowest BCUT2D eigenvalue weighted by Crippen LogP contribution is -2.31. The molecule has 0 aromatic heterocycles. The maximum atomic E-state index is 8.96. The fourth-order valence-electron chi connectivity index (χ4n) is 0.885. The number of aliphatic hydroxyl groups is 2. The number of methoxy groups -OCH3 is 1. The van der Waals surface area contributed by atoms with E-state index in [4.69, 9.17) is 19.7 Å². The molecule has 0 saturated carbocycles. The predicted molar refractivity (Wildman–Crippen MR) is 53.3 cm³/mol. The van der Waals surface area contributed by atoms with E-state index in [2.05, 4.69) is 5.32 Å². The molecule has 0 radical (unpaired) electrons. The Balaban J connectivity index is 2.92. The van der Waals surface area contributed by atoms with Crippen LogP contribution >= 0.6 is 0 Å². The van der Waals surface area contributed by atoms with Crippen molar-refractivity contribution in [3.63, 3.8) is 0 Å². The molecule has 0 saturated heterocycles. The highest BCUT2D eigenvalue weighted by atomic mass is 16.5. The van der Waals surface area contributed by atoms with Crippen molar-refractivity contribution in [1.82, 2.24) is 5.32 Å². The van der Waals surface area contributed by atoms with Gasteiger partial charge < -0.3 is 25.0 Å². The molecule has 14 heavy (non-hydrogen) atoms. The number of aliphatic hydroxyl groups excluding tert-OH is 2. The zero-order valence-electron chi connectivity index (χ0n) is 8.74. The fraction of sp³-hybridized carbons (Fsp3) is 1.00. The first kappa shape index (κ1) is 13.8. The third-order valence-corrected chi connectivity index (χ3v) is 1.65. The molecule has 1 unspecified atom stereocenters. The van der Waals surface area contributed by atoms with Crippen molar-refractivity contribution in [3.8, 4) is 0 Å². The first-order chi connectivity index (χ1) is 6.81. The summed E-state index contributed by atoms with van der Waals surface area (Å²) in [6.45, 7) is 2.90. The highest BCUT2D eigenvalue weighted by molar-refractivity contribution is 4.56. The molecule has 0 aromatic rings. The second-order valence-electron chi connectivity index (χ2n) is 3.00. The molecule has 0 heterocycles. The molecule has 0 fully saturated rings. The van der Waals surface area contributed by atoms with Gasteiger partial charge in [0.25, 0.3) is 0 Å². The lowest BCUT2D eigenvalue weighted by Gasteiger charge is -2.08. The SMILES string of the molecule is COCCCOCCNCC(O)CO. The maximum absolute atomic E-state index is 8.96. The Labute approximate surface area is 85.0 Å². The van der Waals surface area contributed by atoms with Crippen molar-refractivity contribution in [1.29, 1.82) is 0 Å². The molecule has 0 spiro atoms. The summed E-state index contributed by atoms with van der Waals surface area (Å²) in [5, 5.41) is 20.4. The second-order valence-corrected chi connectivity index (χ2v) is 3.00. The van der Waals surface area contributed by atoms with Gasteiger partial charge in [-0.25, -0.2) is 0 Å². The summed E-state index contributed by atoms with van der Waals surface area (Å²) < 4.78 is 10.1. The molecule has 0 aromatic carbocycles. The van der Waals surface area contributed by atoms with Crippen LogP contribution in [0.3, 0.4) is 0 Å². The summed E-state index contributed by atoms with van der Waals surface area (Å²) in [5.41, 5.74) is 0. The third-order valence-electron chi connectivity index (χ3n) is 1.65. The third kappa shape index (κ3) is 9.88.